The van der Waals surface area contributed by atoms with Gasteiger partial charge in [0.1, 0.15) is 16.9 Å². The SMILES string of the molecule is C=CS(=O)(=O)NC[C@H]1CCCN1S(=O)(=O)c1ccc(CC(O)NCc2ccc(C(F)(F)F)cc2)cc1F. The standard InChI is InChI=1S/C23H27F4N3O5S2/c1-2-36(32,33)29-15-19-4-3-11-30(19)37(34,35)21-10-7-17(12-20(21)24)13-22(31)28-14-16-5-8-18(9-6-16)23(25,26)27/h2,5-10,12,19,22,28-29,31H,1,3-4,11,13-15H2/t19-,22?/m1/s1. The second-order valence-corrected chi connectivity index (χ2v) is 12.1. The molecule has 0 amide bonds. The Morgan fingerprint density at radius 2 is 1.76 bits per heavy atom. The molecular formula is C23H27F4N3O5S2. The number of rotatable bonds is 11. The molecule has 1 aliphatic heterocycles. The van der Waals surface area contributed by atoms with Gasteiger partial charge in [-0.2, -0.15) is 17.5 Å². The maximum absolute atomic E-state index is 14.9. The van der Waals surface area contributed by atoms with Crippen LogP contribution < -0.4 is 10.0 Å². The number of halogens is 4. The Labute approximate surface area is 213 Å². The highest BCUT2D eigenvalue weighted by atomic mass is 32.2. The summed E-state index contributed by atoms with van der Waals surface area (Å²) in [5, 5.41) is 13.6. The minimum absolute atomic E-state index is 0.0558. The Kier molecular flexibility index (Phi) is 9.14. The number of aliphatic hydroxyl groups is 1. The third-order valence-electron chi connectivity index (χ3n) is 5.90. The fourth-order valence-electron chi connectivity index (χ4n) is 3.95. The van der Waals surface area contributed by atoms with Crippen LogP contribution in [0, 0.1) is 5.82 Å². The molecule has 0 spiro atoms. The smallest absolute Gasteiger partial charge is 0.378 e. The van der Waals surface area contributed by atoms with Gasteiger partial charge >= 0.3 is 6.18 Å². The van der Waals surface area contributed by atoms with Crippen LogP contribution in [0.5, 0.6) is 0 Å². The van der Waals surface area contributed by atoms with Gasteiger partial charge in [0.2, 0.25) is 20.0 Å². The number of aliphatic hydroxyl groups excluding tert-OH is 1. The van der Waals surface area contributed by atoms with Crippen molar-refractivity contribution in [2.24, 2.45) is 0 Å². The van der Waals surface area contributed by atoms with Crippen LogP contribution in [0.2, 0.25) is 0 Å². The molecule has 3 rings (SSSR count). The van der Waals surface area contributed by atoms with E-state index in [1.807, 2.05) is 0 Å². The van der Waals surface area contributed by atoms with E-state index in [2.05, 4.69) is 16.6 Å². The van der Waals surface area contributed by atoms with Gasteiger partial charge in [-0.05, 0) is 48.2 Å². The van der Waals surface area contributed by atoms with Crippen LogP contribution in [0.15, 0.2) is 59.3 Å². The van der Waals surface area contributed by atoms with Gasteiger partial charge in [0.05, 0.1) is 5.56 Å². The van der Waals surface area contributed by atoms with Gasteiger partial charge in [0.25, 0.3) is 0 Å². The van der Waals surface area contributed by atoms with Crippen LogP contribution in [0.4, 0.5) is 17.6 Å². The van der Waals surface area contributed by atoms with E-state index < -0.39 is 54.8 Å². The Balaban J connectivity index is 1.63. The van der Waals surface area contributed by atoms with E-state index in [1.54, 1.807) is 0 Å². The molecule has 14 heteroatoms. The highest BCUT2D eigenvalue weighted by Crippen LogP contribution is 2.30. The summed E-state index contributed by atoms with van der Waals surface area (Å²) >= 11 is 0. The van der Waals surface area contributed by atoms with E-state index in [1.165, 1.54) is 18.2 Å². The second kappa shape index (κ2) is 11.6. The van der Waals surface area contributed by atoms with Crippen molar-refractivity contribution in [3.63, 3.8) is 0 Å². The molecule has 1 aliphatic rings. The predicted octanol–water partition coefficient (Wildman–Crippen LogP) is 2.71. The zero-order valence-electron chi connectivity index (χ0n) is 19.6. The average molecular weight is 566 g/mol. The first-order chi connectivity index (χ1) is 17.2. The molecule has 0 aliphatic carbocycles. The van der Waals surface area contributed by atoms with Crippen LogP contribution in [0.25, 0.3) is 0 Å². The molecule has 2 aromatic rings. The fraction of sp³-hybridized carbons (Fsp3) is 0.391. The van der Waals surface area contributed by atoms with Gasteiger partial charge < -0.3 is 5.11 Å². The summed E-state index contributed by atoms with van der Waals surface area (Å²) in [6.07, 6.45) is -4.84. The van der Waals surface area contributed by atoms with Crippen molar-refractivity contribution in [2.45, 2.75) is 49.1 Å². The van der Waals surface area contributed by atoms with Gasteiger partial charge in [-0.3, -0.25) is 5.32 Å². The van der Waals surface area contributed by atoms with Gasteiger partial charge in [0.15, 0.2) is 0 Å². The quantitative estimate of drug-likeness (QED) is 0.285. The third kappa shape index (κ3) is 7.58. The summed E-state index contributed by atoms with van der Waals surface area (Å²) in [6.45, 7) is 3.17. The monoisotopic (exact) mass is 565 g/mol. The van der Waals surface area contributed by atoms with E-state index >= 15 is 0 Å². The molecule has 8 nitrogen and oxygen atoms in total. The number of sulfonamides is 2. The summed E-state index contributed by atoms with van der Waals surface area (Å²) in [7, 11) is -8.01. The number of nitrogens with one attached hydrogen (secondary N) is 2. The minimum atomic E-state index is -4.45. The first-order valence-corrected chi connectivity index (χ1v) is 14.2. The molecule has 2 aromatic carbocycles. The van der Waals surface area contributed by atoms with Gasteiger partial charge in [-0.15, -0.1) is 0 Å². The third-order valence-corrected chi connectivity index (χ3v) is 8.89. The Morgan fingerprint density at radius 3 is 2.35 bits per heavy atom. The lowest BCUT2D eigenvalue weighted by atomic mass is 10.1. The largest absolute Gasteiger partial charge is 0.416 e. The van der Waals surface area contributed by atoms with Crippen molar-refractivity contribution in [1.82, 2.24) is 14.3 Å². The number of alkyl halides is 3. The summed E-state index contributed by atoms with van der Waals surface area (Å²) in [4.78, 5) is -0.568. The molecule has 0 aromatic heterocycles. The van der Waals surface area contributed by atoms with Crippen molar-refractivity contribution >= 4 is 20.0 Å². The molecule has 0 bridgehead atoms. The number of hydrogen-bond acceptors (Lipinski definition) is 6. The van der Waals surface area contributed by atoms with Gasteiger partial charge in [0, 0.05) is 37.5 Å². The zero-order chi connectivity index (χ0) is 27.4. The maximum atomic E-state index is 14.9. The lowest BCUT2D eigenvalue weighted by Crippen LogP contribution is -2.42. The molecule has 2 atom stereocenters. The molecule has 0 radical (unpaired) electrons. The number of nitrogens with zero attached hydrogens (tertiary/aromatic N) is 1. The number of benzene rings is 2. The zero-order valence-corrected chi connectivity index (χ0v) is 21.2. The average Bonchev–Trinajstić information content (AvgIpc) is 3.31. The first-order valence-electron chi connectivity index (χ1n) is 11.2. The van der Waals surface area contributed by atoms with Crippen LogP contribution in [0.1, 0.15) is 29.5 Å². The Morgan fingerprint density at radius 1 is 1.11 bits per heavy atom. The normalized spacial score (nSPS) is 18.1. The van der Waals surface area contributed by atoms with Crippen molar-refractivity contribution in [2.75, 3.05) is 13.1 Å². The lowest BCUT2D eigenvalue weighted by Gasteiger charge is -2.24. The summed E-state index contributed by atoms with van der Waals surface area (Å²) in [6, 6.07) is 7.15. The van der Waals surface area contributed by atoms with E-state index in [0.717, 1.165) is 28.6 Å². The number of hydrogen-bond donors (Lipinski definition) is 3. The second-order valence-electron chi connectivity index (χ2n) is 8.53. The Hall–Kier alpha value is -2.36. The molecule has 0 saturated carbocycles. The van der Waals surface area contributed by atoms with E-state index in [9.17, 15) is 39.5 Å². The van der Waals surface area contributed by atoms with Crippen LogP contribution in [-0.2, 0) is 39.2 Å². The predicted molar refractivity (Wildman–Crippen MR) is 128 cm³/mol. The van der Waals surface area contributed by atoms with Crippen molar-refractivity contribution in [1.29, 1.82) is 0 Å². The molecule has 3 N–H and O–H groups in total. The topological polar surface area (TPSA) is 116 Å². The first kappa shape index (κ1) is 29.2. The molecule has 1 saturated heterocycles. The van der Waals surface area contributed by atoms with Crippen molar-refractivity contribution < 1.29 is 39.5 Å². The molecule has 204 valence electrons. The molecule has 37 heavy (non-hydrogen) atoms. The molecule has 1 unspecified atom stereocenters. The summed E-state index contributed by atoms with van der Waals surface area (Å²) < 4.78 is 106. The summed E-state index contributed by atoms with van der Waals surface area (Å²) in [5.41, 5.74) is -0.00331. The molecule has 1 heterocycles. The van der Waals surface area contributed by atoms with E-state index in [-0.39, 0.29) is 26.1 Å². The highest BCUT2D eigenvalue weighted by molar-refractivity contribution is 7.92. The van der Waals surface area contributed by atoms with Crippen molar-refractivity contribution in [3.05, 3.63) is 77.0 Å². The van der Waals surface area contributed by atoms with Crippen LogP contribution in [0.3, 0.4) is 0 Å². The molecular weight excluding hydrogens is 538 g/mol. The molecule has 1 fully saturated rings. The maximum Gasteiger partial charge on any atom is 0.416 e. The van der Waals surface area contributed by atoms with Crippen molar-refractivity contribution in [3.8, 4) is 0 Å². The van der Waals surface area contributed by atoms with Gasteiger partial charge in [-0.1, -0.05) is 24.8 Å². The highest BCUT2D eigenvalue weighted by Gasteiger charge is 2.37. The minimum Gasteiger partial charge on any atom is -0.378 e. The summed E-state index contributed by atoms with van der Waals surface area (Å²) in [5.74, 6) is -1.02. The van der Waals surface area contributed by atoms with E-state index in [4.69, 9.17) is 0 Å². The Bertz CT molecular complexity index is 1320. The lowest BCUT2D eigenvalue weighted by molar-refractivity contribution is -0.137. The van der Waals surface area contributed by atoms with Gasteiger partial charge in [-0.25, -0.2) is 25.9 Å². The fourth-order valence-corrected chi connectivity index (χ4v) is 6.23. The van der Waals surface area contributed by atoms with Crippen LogP contribution in [-0.4, -0.2) is 51.6 Å². The van der Waals surface area contributed by atoms with E-state index in [0.29, 0.717) is 29.4 Å². The van der Waals surface area contributed by atoms with Crippen LogP contribution >= 0.6 is 0 Å².